The number of hydrogen-bond donors (Lipinski definition) is 0. The molecule has 26 heavy (non-hydrogen) atoms. The highest BCUT2D eigenvalue weighted by Gasteiger charge is 2.35. The van der Waals surface area contributed by atoms with E-state index in [9.17, 15) is 13.2 Å². The van der Waals surface area contributed by atoms with Gasteiger partial charge in [0, 0.05) is 37.2 Å². The number of nitrogens with zero attached hydrogens (tertiary/aromatic N) is 2. The molecule has 2 atom stereocenters. The number of amides is 1. The van der Waals surface area contributed by atoms with E-state index in [1.165, 1.54) is 0 Å². The predicted molar refractivity (Wildman–Crippen MR) is 104 cm³/mol. The topological polar surface area (TPSA) is 66.9 Å². The molecule has 0 spiro atoms. The van der Waals surface area contributed by atoms with Crippen LogP contribution in [0.3, 0.4) is 0 Å². The van der Waals surface area contributed by atoms with Crippen LogP contribution >= 0.6 is 27.5 Å². The lowest BCUT2D eigenvalue weighted by molar-refractivity contribution is -0.140. The van der Waals surface area contributed by atoms with Crippen molar-refractivity contribution in [2.45, 2.75) is 25.5 Å². The summed E-state index contributed by atoms with van der Waals surface area (Å²) in [6.07, 6.45) is 0.0892. The fourth-order valence-electron chi connectivity index (χ4n) is 3.44. The summed E-state index contributed by atoms with van der Waals surface area (Å²) in [5.41, 5.74) is 0. The molecule has 1 aromatic rings. The zero-order chi connectivity index (χ0) is 18.9. The van der Waals surface area contributed by atoms with Crippen molar-refractivity contribution in [1.82, 2.24) is 9.80 Å². The van der Waals surface area contributed by atoms with E-state index in [0.717, 1.165) is 0 Å². The van der Waals surface area contributed by atoms with Gasteiger partial charge >= 0.3 is 0 Å². The van der Waals surface area contributed by atoms with Crippen LogP contribution in [0.2, 0.25) is 5.02 Å². The molecular weight excluding hydrogens is 444 g/mol. The average Bonchev–Trinajstić information content (AvgIpc) is 2.97. The summed E-state index contributed by atoms with van der Waals surface area (Å²) in [4.78, 5) is 16.6. The SMILES string of the molecule is CC(Oc1ccc(Cl)cc1Br)C(=O)N1CCN(C2CCS(=O)(=O)C2)CC1. The van der Waals surface area contributed by atoms with E-state index in [0.29, 0.717) is 47.8 Å². The molecule has 2 aliphatic heterocycles. The van der Waals surface area contributed by atoms with Crippen molar-refractivity contribution in [2.75, 3.05) is 37.7 Å². The number of rotatable bonds is 4. The molecule has 0 aromatic heterocycles. The van der Waals surface area contributed by atoms with Gasteiger partial charge in [-0.25, -0.2) is 8.42 Å². The van der Waals surface area contributed by atoms with E-state index in [1.54, 1.807) is 30.0 Å². The van der Waals surface area contributed by atoms with Gasteiger partial charge in [0.05, 0.1) is 16.0 Å². The normalized spacial score (nSPS) is 24.4. The molecule has 0 saturated carbocycles. The summed E-state index contributed by atoms with van der Waals surface area (Å²) in [5, 5.41) is 0.591. The van der Waals surface area contributed by atoms with Crippen LogP contribution in [0, 0.1) is 0 Å². The molecule has 1 aromatic carbocycles. The van der Waals surface area contributed by atoms with Crippen LogP contribution in [0.25, 0.3) is 0 Å². The Balaban J connectivity index is 1.53. The Morgan fingerprint density at radius 2 is 2.00 bits per heavy atom. The third-order valence-electron chi connectivity index (χ3n) is 4.90. The van der Waals surface area contributed by atoms with Gasteiger partial charge in [0.1, 0.15) is 5.75 Å². The third-order valence-corrected chi connectivity index (χ3v) is 7.50. The van der Waals surface area contributed by atoms with Crippen molar-refractivity contribution in [1.29, 1.82) is 0 Å². The second-order valence-corrected chi connectivity index (χ2v) is 10.3. The van der Waals surface area contributed by atoms with Gasteiger partial charge < -0.3 is 9.64 Å². The first-order chi connectivity index (χ1) is 12.2. The predicted octanol–water partition coefficient (Wildman–Crippen LogP) is 2.20. The van der Waals surface area contributed by atoms with Gasteiger partial charge in [-0.1, -0.05) is 11.6 Å². The third kappa shape index (κ3) is 4.71. The first-order valence-corrected chi connectivity index (χ1v) is 11.6. The number of halogens is 2. The van der Waals surface area contributed by atoms with Gasteiger partial charge in [-0.3, -0.25) is 9.69 Å². The Morgan fingerprint density at radius 3 is 2.58 bits per heavy atom. The van der Waals surface area contributed by atoms with E-state index in [2.05, 4.69) is 20.8 Å². The van der Waals surface area contributed by atoms with Gasteiger partial charge in [-0.15, -0.1) is 0 Å². The second kappa shape index (κ2) is 8.04. The fourth-order valence-corrected chi connectivity index (χ4v) is 5.98. The van der Waals surface area contributed by atoms with Crippen molar-refractivity contribution in [2.24, 2.45) is 0 Å². The second-order valence-electron chi connectivity index (χ2n) is 6.75. The van der Waals surface area contributed by atoms with E-state index in [4.69, 9.17) is 16.3 Å². The Bertz CT molecular complexity index is 781. The van der Waals surface area contributed by atoms with Gasteiger partial charge in [0.25, 0.3) is 5.91 Å². The number of benzene rings is 1. The monoisotopic (exact) mass is 464 g/mol. The van der Waals surface area contributed by atoms with Crippen LogP contribution < -0.4 is 4.74 Å². The van der Waals surface area contributed by atoms with Crippen LogP contribution in [0.5, 0.6) is 5.75 Å². The lowest BCUT2D eigenvalue weighted by Gasteiger charge is -2.38. The van der Waals surface area contributed by atoms with Crippen molar-refractivity contribution in [3.05, 3.63) is 27.7 Å². The lowest BCUT2D eigenvalue weighted by atomic mass is 10.2. The van der Waals surface area contributed by atoms with Crippen LogP contribution in [0.1, 0.15) is 13.3 Å². The molecule has 2 unspecified atom stereocenters. The number of ether oxygens (including phenoxy) is 1. The van der Waals surface area contributed by atoms with Crippen LogP contribution in [0.15, 0.2) is 22.7 Å². The lowest BCUT2D eigenvalue weighted by Crippen LogP contribution is -2.54. The largest absolute Gasteiger partial charge is 0.480 e. The van der Waals surface area contributed by atoms with E-state index in [-0.39, 0.29) is 23.5 Å². The highest BCUT2D eigenvalue weighted by molar-refractivity contribution is 9.10. The maximum Gasteiger partial charge on any atom is 0.263 e. The Labute approximate surface area is 167 Å². The summed E-state index contributed by atoms with van der Waals surface area (Å²) in [6, 6.07) is 5.26. The summed E-state index contributed by atoms with van der Waals surface area (Å²) in [6.45, 7) is 4.31. The first-order valence-electron chi connectivity index (χ1n) is 8.60. The van der Waals surface area contributed by atoms with Crippen molar-refractivity contribution in [3.8, 4) is 5.75 Å². The van der Waals surface area contributed by atoms with Gasteiger partial charge in [-0.05, 0) is 47.5 Å². The number of carbonyl (C=O) groups excluding carboxylic acids is 1. The zero-order valence-corrected chi connectivity index (χ0v) is 17.7. The van der Waals surface area contributed by atoms with Gasteiger partial charge in [0.15, 0.2) is 15.9 Å². The quantitative estimate of drug-likeness (QED) is 0.682. The Kier molecular flexibility index (Phi) is 6.16. The molecule has 1 amide bonds. The molecule has 2 fully saturated rings. The summed E-state index contributed by atoms with van der Waals surface area (Å²) < 4.78 is 29.8. The highest BCUT2D eigenvalue weighted by atomic mass is 79.9. The molecule has 2 heterocycles. The van der Waals surface area contributed by atoms with E-state index < -0.39 is 15.9 Å². The van der Waals surface area contributed by atoms with Crippen LogP contribution in [-0.4, -0.2) is 74.0 Å². The molecule has 0 radical (unpaired) electrons. The molecule has 144 valence electrons. The molecule has 0 N–H and O–H groups in total. The fraction of sp³-hybridized carbons (Fsp3) is 0.588. The summed E-state index contributed by atoms with van der Waals surface area (Å²) in [7, 11) is -2.89. The van der Waals surface area contributed by atoms with Crippen LogP contribution in [-0.2, 0) is 14.6 Å². The van der Waals surface area contributed by atoms with Gasteiger partial charge in [0.2, 0.25) is 0 Å². The summed E-state index contributed by atoms with van der Waals surface area (Å²) in [5.74, 6) is 1.03. The number of hydrogen-bond acceptors (Lipinski definition) is 5. The smallest absolute Gasteiger partial charge is 0.263 e. The first kappa shape index (κ1) is 19.9. The minimum atomic E-state index is -2.89. The maximum absolute atomic E-state index is 12.7. The summed E-state index contributed by atoms with van der Waals surface area (Å²) >= 11 is 9.31. The molecule has 0 bridgehead atoms. The van der Waals surface area contributed by atoms with Crippen molar-refractivity contribution >= 4 is 43.3 Å². The van der Waals surface area contributed by atoms with Crippen molar-refractivity contribution < 1.29 is 17.9 Å². The molecule has 2 aliphatic rings. The molecule has 9 heteroatoms. The molecule has 3 rings (SSSR count). The minimum Gasteiger partial charge on any atom is -0.480 e. The van der Waals surface area contributed by atoms with Gasteiger partial charge in [-0.2, -0.15) is 0 Å². The molecular formula is C17H22BrClN2O4S. The number of sulfone groups is 1. The number of carbonyl (C=O) groups is 1. The zero-order valence-electron chi connectivity index (χ0n) is 14.5. The highest BCUT2D eigenvalue weighted by Crippen LogP contribution is 2.29. The minimum absolute atomic E-state index is 0.0643. The molecule has 2 saturated heterocycles. The van der Waals surface area contributed by atoms with E-state index in [1.807, 2.05) is 0 Å². The van der Waals surface area contributed by atoms with Crippen LogP contribution in [0.4, 0.5) is 0 Å². The maximum atomic E-state index is 12.7. The molecule has 6 nitrogen and oxygen atoms in total. The Morgan fingerprint density at radius 1 is 1.31 bits per heavy atom. The standard InChI is InChI=1S/C17H22BrClN2O4S/c1-12(25-16-3-2-13(19)10-15(16)18)17(22)21-7-5-20(6-8-21)14-4-9-26(23,24)11-14/h2-3,10,12,14H,4-9,11H2,1H3. The van der Waals surface area contributed by atoms with Crippen molar-refractivity contribution in [3.63, 3.8) is 0 Å². The Hall–Kier alpha value is -0.830. The average molecular weight is 466 g/mol. The number of piperazine rings is 1. The van der Waals surface area contributed by atoms with E-state index >= 15 is 0 Å². The molecule has 0 aliphatic carbocycles.